The number of fused-ring (bicyclic) bond motifs is 1. The second-order valence-corrected chi connectivity index (χ2v) is 6.46. The molecule has 0 amide bonds. The molecule has 7 heteroatoms. The predicted molar refractivity (Wildman–Crippen MR) is 102 cm³/mol. The number of methoxy groups -OCH3 is 1. The van der Waals surface area contributed by atoms with Crippen LogP contribution in [0, 0.1) is 11.3 Å². The van der Waals surface area contributed by atoms with Gasteiger partial charge in [-0.2, -0.15) is 5.26 Å². The van der Waals surface area contributed by atoms with Crippen molar-refractivity contribution in [2.24, 2.45) is 0 Å². The standard InChI is InChI=1S/C20H16BrNO5/c1-3-25-18-7-12(10-22)6-16(21)20(18)27-19(23)8-13-11-26-17-9-14(24-2)4-5-15(13)17/h4-7,9,11H,3,8H2,1-2H3. The molecule has 138 valence electrons. The molecule has 0 bridgehead atoms. The van der Waals surface area contributed by atoms with Crippen molar-refractivity contribution < 1.29 is 23.4 Å². The first-order valence-electron chi connectivity index (χ1n) is 8.17. The van der Waals surface area contributed by atoms with E-state index in [1.54, 1.807) is 25.3 Å². The number of hydrogen-bond donors (Lipinski definition) is 0. The van der Waals surface area contributed by atoms with Crippen LogP contribution in [0.3, 0.4) is 0 Å². The van der Waals surface area contributed by atoms with E-state index in [1.807, 2.05) is 19.1 Å². The molecule has 1 aromatic heterocycles. The largest absolute Gasteiger partial charge is 0.497 e. The van der Waals surface area contributed by atoms with Crippen molar-refractivity contribution >= 4 is 32.9 Å². The highest BCUT2D eigenvalue weighted by Crippen LogP contribution is 2.37. The minimum Gasteiger partial charge on any atom is -0.497 e. The first kappa shape index (κ1) is 18.8. The van der Waals surface area contributed by atoms with Crippen LogP contribution < -0.4 is 14.2 Å². The first-order valence-corrected chi connectivity index (χ1v) is 8.96. The van der Waals surface area contributed by atoms with Gasteiger partial charge in [0.1, 0.15) is 11.3 Å². The molecule has 0 unspecified atom stereocenters. The van der Waals surface area contributed by atoms with E-state index in [9.17, 15) is 4.79 Å². The van der Waals surface area contributed by atoms with Gasteiger partial charge in [0.2, 0.25) is 0 Å². The summed E-state index contributed by atoms with van der Waals surface area (Å²) in [5.74, 6) is 0.780. The van der Waals surface area contributed by atoms with Crippen LogP contribution in [0.1, 0.15) is 18.1 Å². The zero-order valence-corrected chi connectivity index (χ0v) is 16.3. The van der Waals surface area contributed by atoms with Gasteiger partial charge < -0.3 is 18.6 Å². The molecule has 0 aliphatic rings. The number of nitrogens with zero attached hydrogens (tertiary/aromatic N) is 1. The van der Waals surface area contributed by atoms with Gasteiger partial charge in [0, 0.05) is 23.1 Å². The third-order valence-electron chi connectivity index (χ3n) is 3.85. The van der Waals surface area contributed by atoms with Gasteiger partial charge >= 0.3 is 5.97 Å². The second-order valence-electron chi connectivity index (χ2n) is 5.60. The lowest BCUT2D eigenvalue weighted by Gasteiger charge is -2.12. The van der Waals surface area contributed by atoms with Crippen molar-refractivity contribution in [3.63, 3.8) is 0 Å². The summed E-state index contributed by atoms with van der Waals surface area (Å²) in [5.41, 5.74) is 1.74. The van der Waals surface area contributed by atoms with E-state index in [0.29, 0.717) is 39.3 Å². The molecule has 0 saturated heterocycles. The van der Waals surface area contributed by atoms with E-state index in [-0.39, 0.29) is 12.2 Å². The Hall–Kier alpha value is -2.98. The molecule has 0 radical (unpaired) electrons. The van der Waals surface area contributed by atoms with Crippen LogP contribution in [0.2, 0.25) is 0 Å². The number of nitriles is 1. The number of halogens is 1. The summed E-state index contributed by atoms with van der Waals surface area (Å²) >= 11 is 3.33. The Morgan fingerprint density at radius 1 is 1.30 bits per heavy atom. The van der Waals surface area contributed by atoms with Crippen molar-refractivity contribution in [2.45, 2.75) is 13.3 Å². The van der Waals surface area contributed by atoms with Crippen LogP contribution in [0.4, 0.5) is 0 Å². The predicted octanol–water partition coefficient (Wildman–Crippen LogP) is 4.62. The normalized spacial score (nSPS) is 10.4. The highest BCUT2D eigenvalue weighted by atomic mass is 79.9. The van der Waals surface area contributed by atoms with Crippen molar-refractivity contribution in [2.75, 3.05) is 13.7 Å². The van der Waals surface area contributed by atoms with E-state index in [0.717, 1.165) is 5.39 Å². The summed E-state index contributed by atoms with van der Waals surface area (Å²) < 4.78 is 22.2. The van der Waals surface area contributed by atoms with Gasteiger partial charge in [-0.15, -0.1) is 0 Å². The first-order chi connectivity index (χ1) is 13.0. The molecule has 27 heavy (non-hydrogen) atoms. The maximum atomic E-state index is 12.5. The lowest BCUT2D eigenvalue weighted by molar-refractivity contribution is -0.133. The number of benzene rings is 2. The summed E-state index contributed by atoms with van der Waals surface area (Å²) in [7, 11) is 1.58. The van der Waals surface area contributed by atoms with Gasteiger partial charge in [0.25, 0.3) is 0 Å². The SMILES string of the molecule is CCOc1cc(C#N)cc(Br)c1OC(=O)Cc1coc2cc(OC)ccc12. The summed E-state index contributed by atoms with van der Waals surface area (Å²) in [4.78, 5) is 12.5. The molecule has 0 spiro atoms. The Morgan fingerprint density at radius 3 is 2.81 bits per heavy atom. The molecular formula is C20H16BrNO5. The number of esters is 1. The summed E-state index contributed by atoms with van der Waals surface area (Å²) in [6.07, 6.45) is 1.56. The molecule has 0 atom stereocenters. The van der Waals surface area contributed by atoms with Crippen LogP contribution in [0.5, 0.6) is 17.2 Å². The van der Waals surface area contributed by atoms with Crippen molar-refractivity contribution in [3.05, 3.63) is 52.2 Å². The van der Waals surface area contributed by atoms with Crippen LogP contribution in [0.25, 0.3) is 11.0 Å². The maximum Gasteiger partial charge on any atom is 0.315 e. The molecule has 3 rings (SSSR count). The topological polar surface area (TPSA) is 81.7 Å². The molecule has 0 aliphatic heterocycles. The van der Waals surface area contributed by atoms with Crippen LogP contribution in [0.15, 0.2) is 45.5 Å². The number of furan rings is 1. The summed E-state index contributed by atoms with van der Waals surface area (Å²) in [6, 6.07) is 10.5. The Morgan fingerprint density at radius 2 is 2.11 bits per heavy atom. The number of carbonyl (C=O) groups excluding carboxylic acids is 1. The number of hydrogen-bond acceptors (Lipinski definition) is 6. The third kappa shape index (κ3) is 4.07. The van der Waals surface area contributed by atoms with E-state index < -0.39 is 5.97 Å². The van der Waals surface area contributed by atoms with Gasteiger partial charge in [-0.1, -0.05) is 0 Å². The Labute approximate surface area is 164 Å². The summed E-state index contributed by atoms with van der Waals surface area (Å²) in [6.45, 7) is 2.19. The van der Waals surface area contributed by atoms with Crippen LogP contribution in [-0.4, -0.2) is 19.7 Å². The Kier molecular flexibility index (Phi) is 5.67. The molecular weight excluding hydrogens is 414 g/mol. The monoisotopic (exact) mass is 429 g/mol. The average molecular weight is 430 g/mol. The molecule has 0 N–H and O–H groups in total. The molecule has 0 aliphatic carbocycles. The zero-order chi connectivity index (χ0) is 19.4. The van der Waals surface area contributed by atoms with E-state index in [4.69, 9.17) is 23.9 Å². The summed E-state index contributed by atoms with van der Waals surface area (Å²) in [5, 5.41) is 9.90. The van der Waals surface area contributed by atoms with E-state index >= 15 is 0 Å². The lowest BCUT2D eigenvalue weighted by atomic mass is 10.1. The smallest absolute Gasteiger partial charge is 0.315 e. The zero-order valence-electron chi connectivity index (χ0n) is 14.7. The quantitative estimate of drug-likeness (QED) is 0.419. The van der Waals surface area contributed by atoms with Gasteiger partial charge in [-0.3, -0.25) is 4.79 Å². The Bertz CT molecular complexity index is 1030. The molecule has 0 fully saturated rings. The van der Waals surface area contributed by atoms with E-state index in [1.165, 1.54) is 12.3 Å². The molecule has 3 aromatic rings. The minimum absolute atomic E-state index is 0.0251. The number of ether oxygens (including phenoxy) is 3. The lowest BCUT2D eigenvalue weighted by Crippen LogP contribution is -2.12. The third-order valence-corrected chi connectivity index (χ3v) is 4.44. The average Bonchev–Trinajstić information content (AvgIpc) is 3.06. The molecule has 0 saturated carbocycles. The number of carbonyl (C=O) groups is 1. The van der Waals surface area contributed by atoms with Gasteiger partial charge in [0.15, 0.2) is 11.5 Å². The van der Waals surface area contributed by atoms with Crippen molar-refractivity contribution in [1.29, 1.82) is 5.26 Å². The van der Waals surface area contributed by atoms with Gasteiger partial charge in [0.05, 0.1) is 42.5 Å². The highest BCUT2D eigenvalue weighted by Gasteiger charge is 2.18. The van der Waals surface area contributed by atoms with Gasteiger partial charge in [-0.05, 0) is 41.1 Å². The molecule has 2 aromatic carbocycles. The van der Waals surface area contributed by atoms with Crippen molar-refractivity contribution in [3.8, 4) is 23.3 Å². The Balaban J connectivity index is 1.83. The molecule has 6 nitrogen and oxygen atoms in total. The fourth-order valence-corrected chi connectivity index (χ4v) is 3.15. The van der Waals surface area contributed by atoms with Crippen molar-refractivity contribution in [1.82, 2.24) is 0 Å². The minimum atomic E-state index is -0.472. The fourth-order valence-electron chi connectivity index (χ4n) is 2.63. The fraction of sp³-hybridized carbons (Fsp3) is 0.200. The second kappa shape index (κ2) is 8.14. The maximum absolute atomic E-state index is 12.5. The van der Waals surface area contributed by atoms with Crippen LogP contribution >= 0.6 is 15.9 Å². The number of rotatable bonds is 6. The van der Waals surface area contributed by atoms with E-state index in [2.05, 4.69) is 15.9 Å². The molecule has 1 heterocycles. The highest BCUT2D eigenvalue weighted by molar-refractivity contribution is 9.10. The van der Waals surface area contributed by atoms with Crippen LogP contribution in [-0.2, 0) is 11.2 Å². The van der Waals surface area contributed by atoms with Gasteiger partial charge in [-0.25, -0.2) is 0 Å².